The number of hydrogen-bond donors (Lipinski definition) is 5. The van der Waals surface area contributed by atoms with Gasteiger partial charge in [0.1, 0.15) is 12.1 Å². The van der Waals surface area contributed by atoms with Gasteiger partial charge < -0.3 is 26.6 Å². The van der Waals surface area contributed by atoms with Crippen molar-refractivity contribution in [3.8, 4) is 0 Å². The lowest BCUT2D eigenvalue weighted by Gasteiger charge is -2.17. The maximum absolute atomic E-state index is 11.4. The minimum absolute atomic E-state index is 0.467. The molecule has 0 rings (SSSR count). The van der Waals surface area contributed by atoms with Crippen molar-refractivity contribution >= 4 is 23.8 Å². The van der Waals surface area contributed by atoms with Gasteiger partial charge in [-0.1, -0.05) is 0 Å². The number of carbonyl (C=O) groups is 4. The second-order valence-corrected chi connectivity index (χ2v) is 4.39. The number of carboxylic acids is 2. The Morgan fingerprint density at radius 1 is 0.913 bits per heavy atom. The van der Waals surface area contributed by atoms with E-state index in [-0.39, 0.29) is 0 Å². The van der Waals surface area contributed by atoms with Crippen LogP contribution in [0.5, 0.6) is 0 Å². The van der Waals surface area contributed by atoms with E-state index in [2.05, 4.69) is 10.6 Å². The maximum atomic E-state index is 11.4. The number of alkyl halides is 3. The molecule has 0 spiro atoms. The third-order valence-corrected chi connectivity index (χ3v) is 2.14. The summed E-state index contributed by atoms with van der Waals surface area (Å²) in [6.07, 6.45) is -5.08. The first-order chi connectivity index (χ1) is 10.2. The van der Waals surface area contributed by atoms with E-state index in [4.69, 9.17) is 20.7 Å². The molecule has 0 fully saturated rings. The van der Waals surface area contributed by atoms with Gasteiger partial charge in [-0.3, -0.25) is 14.4 Å². The van der Waals surface area contributed by atoms with Gasteiger partial charge in [-0.05, 0) is 20.8 Å². The molecule has 6 N–H and O–H groups in total. The van der Waals surface area contributed by atoms with Crippen LogP contribution in [0.15, 0.2) is 0 Å². The topological polar surface area (TPSA) is 159 Å². The molecule has 2 amide bonds. The molecule has 0 aromatic heterocycles. The lowest BCUT2D eigenvalue weighted by atomic mass is 10.2. The summed E-state index contributed by atoms with van der Waals surface area (Å²) in [5.41, 5.74) is 5.30. The van der Waals surface area contributed by atoms with Crippen molar-refractivity contribution in [1.29, 1.82) is 0 Å². The third-order valence-electron chi connectivity index (χ3n) is 2.14. The Morgan fingerprint density at radius 2 is 1.26 bits per heavy atom. The van der Waals surface area contributed by atoms with Crippen LogP contribution in [0.1, 0.15) is 20.8 Å². The summed E-state index contributed by atoms with van der Waals surface area (Å²) < 4.78 is 31.7. The molecule has 12 heteroatoms. The molecule has 0 bridgehead atoms. The summed E-state index contributed by atoms with van der Waals surface area (Å²) in [6.45, 7) is 4.27. The Balaban J connectivity index is 0. The normalized spacial score (nSPS) is 14.4. The first kappa shape index (κ1) is 22.9. The van der Waals surface area contributed by atoms with Gasteiger partial charge in [-0.15, -0.1) is 0 Å². The average Bonchev–Trinajstić information content (AvgIpc) is 2.37. The molecule has 0 aliphatic rings. The average molecular weight is 345 g/mol. The number of aliphatic carboxylic acids is 2. The van der Waals surface area contributed by atoms with Crippen molar-refractivity contribution in [2.75, 3.05) is 0 Å². The van der Waals surface area contributed by atoms with E-state index in [9.17, 15) is 27.6 Å². The summed E-state index contributed by atoms with van der Waals surface area (Å²) in [7, 11) is 0. The molecule has 0 unspecified atom stereocenters. The first-order valence-corrected chi connectivity index (χ1v) is 6.09. The third kappa shape index (κ3) is 10.9. The molecule has 23 heavy (non-hydrogen) atoms. The minimum Gasteiger partial charge on any atom is -0.480 e. The molecule has 0 aromatic rings. The highest BCUT2D eigenvalue weighted by Gasteiger charge is 2.38. The van der Waals surface area contributed by atoms with E-state index >= 15 is 0 Å². The summed E-state index contributed by atoms with van der Waals surface area (Å²) >= 11 is 0. The van der Waals surface area contributed by atoms with E-state index in [1.165, 1.54) is 20.8 Å². The van der Waals surface area contributed by atoms with Gasteiger partial charge in [0.15, 0.2) is 0 Å². The molecule has 0 heterocycles. The fraction of sp³-hybridized carbons (Fsp3) is 0.636. The lowest BCUT2D eigenvalue weighted by molar-refractivity contribution is -0.192. The van der Waals surface area contributed by atoms with Gasteiger partial charge in [-0.2, -0.15) is 13.2 Å². The quantitative estimate of drug-likeness (QED) is 0.430. The number of halogens is 3. The Labute approximate surface area is 129 Å². The van der Waals surface area contributed by atoms with E-state index in [1.54, 1.807) is 0 Å². The largest absolute Gasteiger partial charge is 0.490 e. The second kappa shape index (κ2) is 9.61. The Bertz CT molecular complexity index is 453. The minimum atomic E-state index is -5.08. The highest BCUT2D eigenvalue weighted by molar-refractivity contribution is 5.91. The molecule has 3 atom stereocenters. The SMILES string of the molecule is C[C@H](N)C(=O)N[C@@H](C)C(=O)N[C@@H](C)C(=O)O.O=C(O)C(F)(F)F. The molecule has 134 valence electrons. The van der Waals surface area contributed by atoms with Crippen LogP contribution in [0.4, 0.5) is 13.2 Å². The lowest BCUT2D eigenvalue weighted by Crippen LogP contribution is -2.52. The Morgan fingerprint density at radius 3 is 1.52 bits per heavy atom. The van der Waals surface area contributed by atoms with Gasteiger partial charge in [-0.25, -0.2) is 4.79 Å². The number of nitrogens with two attached hydrogens (primary N) is 1. The molecule has 0 aliphatic carbocycles. The molecule has 0 saturated heterocycles. The fourth-order valence-corrected chi connectivity index (χ4v) is 0.811. The van der Waals surface area contributed by atoms with E-state index in [0.717, 1.165) is 0 Å². The van der Waals surface area contributed by atoms with Crippen molar-refractivity contribution in [3.63, 3.8) is 0 Å². The van der Waals surface area contributed by atoms with Crippen molar-refractivity contribution in [2.24, 2.45) is 5.73 Å². The van der Waals surface area contributed by atoms with Crippen LogP contribution in [0, 0.1) is 0 Å². The van der Waals surface area contributed by atoms with Gasteiger partial charge in [0.2, 0.25) is 11.8 Å². The molecular weight excluding hydrogens is 327 g/mol. The summed E-state index contributed by atoms with van der Waals surface area (Å²) in [4.78, 5) is 41.9. The molecule has 0 radical (unpaired) electrons. The zero-order valence-electron chi connectivity index (χ0n) is 12.5. The standard InChI is InChI=1S/C9H17N3O4.C2HF3O2/c1-4(10)7(13)11-5(2)8(14)12-6(3)9(15)16;3-2(4,5)1(6)7/h4-6H,10H2,1-3H3,(H,11,13)(H,12,14)(H,15,16);(H,6,7)/t4-,5-,6-;/m0./s1. The Kier molecular flexibility index (Phi) is 9.57. The maximum Gasteiger partial charge on any atom is 0.490 e. The van der Waals surface area contributed by atoms with Crippen LogP contribution in [0.25, 0.3) is 0 Å². The summed E-state index contributed by atoms with van der Waals surface area (Å²) in [5.74, 6) is -4.93. The fourth-order valence-electron chi connectivity index (χ4n) is 0.811. The number of nitrogens with one attached hydrogen (secondary N) is 2. The molecule has 0 aromatic carbocycles. The van der Waals surface area contributed by atoms with E-state index in [1.807, 2.05) is 0 Å². The van der Waals surface area contributed by atoms with Crippen LogP contribution in [-0.4, -0.2) is 58.3 Å². The predicted octanol–water partition coefficient (Wildman–Crippen LogP) is -0.939. The van der Waals surface area contributed by atoms with Gasteiger partial charge in [0.25, 0.3) is 0 Å². The van der Waals surface area contributed by atoms with E-state index in [0.29, 0.717) is 0 Å². The van der Waals surface area contributed by atoms with Crippen LogP contribution in [0.3, 0.4) is 0 Å². The van der Waals surface area contributed by atoms with E-state index < -0.39 is 48.1 Å². The van der Waals surface area contributed by atoms with Crippen LogP contribution >= 0.6 is 0 Å². The monoisotopic (exact) mass is 345 g/mol. The van der Waals surface area contributed by atoms with Crippen molar-refractivity contribution < 1.29 is 42.6 Å². The molecular formula is C11H18F3N3O6. The number of hydrogen-bond acceptors (Lipinski definition) is 5. The number of carbonyl (C=O) groups excluding carboxylic acids is 2. The number of amides is 2. The highest BCUT2D eigenvalue weighted by Crippen LogP contribution is 2.13. The van der Waals surface area contributed by atoms with Gasteiger partial charge >= 0.3 is 18.1 Å². The number of rotatable bonds is 5. The first-order valence-electron chi connectivity index (χ1n) is 6.09. The molecule has 0 aliphatic heterocycles. The van der Waals surface area contributed by atoms with Crippen LogP contribution in [0.2, 0.25) is 0 Å². The second-order valence-electron chi connectivity index (χ2n) is 4.39. The van der Waals surface area contributed by atoms with Crippen LogP contribution < -0.4 is 16.4 Å². The Hall–Kier alpha value is -2.37. The van der Waals surface area contributed by atoms with Gasteiger partial charge in [0, 0.05) is 0 Å². The van der Waals surface area contributed by atoms with Crippen LogP contribution in [-0.2, 0) is 19.2 Å². The van der Waals surface area contributed by atoms with Crippen molar-refractivity contribution in [2.45, 2.75) is 45.1 Å². The zero-order valence-corrected chi connectivity index (χ0v) is 12.5. The summed E-state index contributed by atoms with van der Waals surface area (Å²) in [6, 6.07) is -2.53. The highest BCUT2D eigenvalue weighted by atomic mass is 19.4. The number of carboxylic acid groups (broad SMARTS) is 2. The predicted molar refractivity (Wildman–Crippen MR) is 70.2 cm³/mol. The zero-order chi connectivity index (χ0) is 19.0. The summed E-state index contributed by atoms with van der Waals surface area (Å²) in [5, 5.41) is 20.3. The smallest absolute Gasteiger partial charge is 0.480 e. The van der Waals surface area contributed by atoms with Crippen molar-refractivity contribution in [3.05, 3.63) is 0 Å². The van der Waals surface area contributed by atoms with Gasteiger partial charge in [0.05, 0.1) is 6.04 Å². The molecule has 9 nitrogen and oxygen atoms in total. The molecule has 0 saturated carbocycles. The van der Waals surface area contributed by atoms with Crippen molar-refractivity contribution in [1.82, 2.24) is 10.6 Å².